The highest BCUT2D eigenvalue weighted by Gasteiger charge is 2.28. The van der Waals surface area contributed by atoms with Crippen LogP contribution in [0.1, 0.15) is 36.0 Å². The molecule has 1 aliphatic rings. The highest BCUT2D eigenvalue weighted by atomic mass is 35.5. The lowest BCUT2D eigenvalue weighted by atomic mass is 10.1. The Bertz CT molecular complexity index is 617. The van der Waals surface area contributed by atoms with E-state index in [-0.39, 0.29) is 55.4 Å². The number of methoxy groups -OCH3 is 1. The summed E-state index contributed by atoms with van der Waals surface area (Å²) in [5, 5.41) is 5.27. The van der Waals surface area contributed by atoms with Crippen LogP contribution in [0, 0.1) is 5.92 Å². The molecule has 0 heterocycles. The average Bonchev–Trinajstić information content (AvgIpc) is 3.47. The van der Waals surface area contributed by atoms with Gasteiger partial charge in [0.25, 0.3) is 0 Å². The number of ether oxygens (including phenoxy) is 1. The van der Waals surface area contributed by atoms with E-state index in [4.69, 9.17) is 10.5 Å². The molecule has 2 amide bonds. The van der Waals surface area contributed by atoms with Crippen molar-refractivity contribution in [1.29, 1.82) is 0 Å². The van der Waals surface area contributed by atoms with E-state index in [1.807, 2.05) is 0 Å². The highest BCUT2D eigenvalue weighted by molar-refractivity contribution is 5.99. The first kappa shape index (κ1) is 21.9. The first-order valence-electron chi connectivity index (χ1n) is 8.46. The van der Waals surface area contributed by atoms with Crippen LogP contribution in [0.15, 0.2) is 24.3 Å². The Balaban J connectivity index is 0.00000338. The number of carbonyl (C=O) groups excluding carboxylic acids is 3. The van der Waals surface area contributed by atoms with E-state index < -0.39 is 0 Å². The predicted molar refractivity (Wildman–Crippen MR) is 101 cm³/mol. The molecule has 1 atom stereocenters. The quantitative estimate of drug-likeness (QED) is 0.523. The van der Waals surface area contributed by atoms with Crippen molar-refractivity contribution in [3.8, 4) is 5.75 Å². The Morgan fingerprint density at radius 1 is 1.12 bits per heavy atom. The van der Waals surface area contributed by atoms with Gasteiger partial charge in [0, 0.05) is 31.0 Å². The fourth-order valence-corrected chi connectivity index (χ4v) is 2.38. The molecule has 1 saturated carbocycles. The van der Waals surface area contributed by atoms with Crippen LogP contribution in [0.5, 0.6) is 5.75 Å². The van der Waals surface area contributed by atoms with Crippen LogP contribution in [-0.4, -0.2) is 43.8 Å². The number of Topliss-reactive ketones (excluding diaryl/α,β-unsaturated/α-hetero) is 1. The molecule has 0 aliphatic heterocycles. The number of nitrogens with two attached hydrogens (primary N) is 1. The van der Waals surface area contributed by atoms with Gasteiger partial charge in [-0.3, -0.25) is 14.4 Å². The molecule has 0 radical (unpaired) electrons. The molecular weight excluding hydrogens is 358 g/mol. The molecule has 1 aromatic rings. The molecule has 0 aromatic heterocycles. The highest BCUT2D eigenvalue weighted by Crippen LogP contribution is 2.31. The molecule has 26 heavy (non-hydrogen) atoms. The van der Waals surface area contributed by atoms with Gasteiger partial charge in [-0.05, 0) is 43.0 Å². The molecule has 144 valence electrons. The minimum atomic E-state index is -0.330. The van der Waals surface area contributed by atoms with Gasteiger partial charge in [-0.15, -0.1) is 12.4 Å². The van der Waals surface area contributed by atoms with Gasteiger partial charge >= 0.3 is 0 Å². The number of rotatable bonds is 10. The number of ketones is 1. The summed E-state index contributed by atoms with van der Waals surface area (Å²) in [6, 6.07) is 6.66. The van der Waals surface area contributed by atoms with Crippen LogP contribution < -0.4 is 21.1 Å². The van der Waals surface area contributed by atoms with Crippen molar-refractivity contribution in [3.05, 3.63) is 29.8 Å². The Labute approximate surface area is 159 Å². The summed E-state index contributed by atoms with van der Waals surface area (Å²) in [5.41, 5.74) is 6.39. The summed E-state index contributed by atoms with van der Waals surface area (Å²) in [5.74, 6) is 0.452. The topological polar surface area (TPSA) is 111 Å². The van der Waals surface area contributed by atoms with Gasteiger partial charge in [-0.25, -0.2) is 0 Å². The molecule has 1 aromatic carbocycles. The zero-order valence-electron chi connectivity index (χ0n) is 14.8. The lowest BCUT2D eigenvalue weighted by Crippen LogP contribution is -2.39. The van der Waals surface area contributed by atoms with Crippen molar-refractivity contribution in [1.82, 2.24) is 10.6 Å². The minimum Gasteiger partial charge on any atom is -0.497 e. The third-order valence-corrected chi connectivity index (χ3v) is 4.20. The van der Waals surface area contributed by atoms with E-state index in [2.05, 4.69) is 10.6 Å². The van der Waals surface area contributed by atoms with E-state index in [0.717, 1.165) is 12.8 Å². The standard InChI is InChI=1S/C18H25N3O4.ClH/c1-25-14-6-4-13(5-7-14)16(22)11-21-18(24)9-8-17(23)20-10-15(19)12-2-3-12;/h4-7,12,15H,2-3,8-11,19H2,1H3,(H,20,23)(H,21,24);1H. The smallest absolute Gasteiger partial charge is 0.220 e. The van der Waals surface area contributed by atoms with Crippen molar-refractivity contribution in [2.75, 3.05) is 20.2 Å². The lowest BCUT2D eigenvalue weighted by molar-refractivity contribution is -0.126. The monoisotopic (exact) mass is 383 g/mol. The summed E-state index contributed by atoms with van der Waals surface area (Å²) < 4.78 is 5.03. The summed E-state index contributed by atoms with van der Waals surface area (Å²) in [6.07, 6.45) is 2.38. The van der Waals surface area contributed by atoms with Crippen LogP contribution in [0.2, 0.25) is 0 Å². The Morgan fingerprint density at radius 2 is 1.69 bits per heavy atom. The molecule has 0 spiro atoms. The Morgan fingerprint density at radius 3 is 2.23 bits per heavy atom. The second-order valence-corrected chi connectivity index (χ2v) is 6.23. The van der Waals surface area contributed by atoms with Gasteiger partial charge in [0.1, 0.15) is 5.75 Å². The van der Waals surface area contributed by atoms with Crippen LogP contribution in [-0.2, 0) is 9.59 Å². The summed E-state index contributed by atoms with van der Waals surface area (Å²) in [4.78, 5) is 35.4. The first-order valence-corrected chi connectivity index (χ1v) is 8.46. The van der Waals surface area contributed by atoms with Gasteiger partial charge < -0.3 is 21.1 Å². The largest absolute Gasteiger partial charge is 0.497 e. The summed E-state index contributed by atoms with van der Waals surface area (Å²) >= 11 is 0. The van der Waals surface area contributed by atoms with Gasteiger partial charge in [0.15, 0.2) is 5.78 Å². The second kappa shape index (κ2) is 10.8. The van der Waals surface area contributed by atoms with Crippen LogP contribution >= 0.6 is 12.4 Å². The van der Waals surface area contributed by atoms with Crippen LogP contribution in [0.25, 0.3) is 0 Å². The number of nitrogens with one attached hydrogen (secondary N) is 2. The maximum absolute atomic E-state index is 12.0. The number of carbonyl (C=O) groups is 3. The predicted octanol–water partition coefficient (Wildman–Crippen LogP) is 1.05. The molecule has 2 rings (SSSR count). The fourth-order valence-electron chi connectivity index (χ4n) is 2.38. The van der Waals surface area contributed by atoms with Gasteiger partial charge in [0.2, 0.25) is 11.8 Å². The Hall–Kier alpha value is -2.12. The van der Waals surface area contributed by atoms with Crippen LogP contribution in [0.4, 0.5) is 0 Å². The zero-order chi connectivity index (χ0) is 18.2. The molecular formula is C18H26ClN3O4. The van der Waals surface area contributed by atoms with Crippen molar-refractivity contribution >= 4 is 30.0 Å². The molecule has 0 bridgehead atoms. The van der Waals surface area contributed by atoms with Crippen LogP contribution in [0.3, 0.4) is 0 Å². The van der Waals surface area contributed by atoms with E-state index in [0.29, 0.717) is 23.8 Å². The average molecular weight is 384 g/mol. The molecule has 7 nitrogen and oxygen atoms in total. The second-order valence-electron chi connectivity index (χ2n) is 6.23. The molecule has 4 N–H and O–H groups in total. The molecule has 1 aliphatic carbocycles. The summed E-state index contributed by atoms with van der Waals surface area (Å²) in [7, 11) is 1.55. The maximum Gasteiger partial charge on any atom is 0.220 e. The molecule has 8 heteroatoms. The van der Waals surface area contributed by atoms with E-state index in [1.54, 1.807) is 31.4 Å². The van der Waals surface area contributed by atoms with E-state index in [1.165, 1.54) is 0 Å². The van der Waals surface area contributed by atoms with Gasteiger partial charge in [-0.1, -0.05) is 0 Å². The van der Waals surface area contributed by atoms with Gasteiger partial charge in [-0.2, -0.15) is 0 Å². The third kappa shape index (κ3) is 7.41. The maximum atomic E-state index is 12.0. The molecule has 0 saturated heterocycles. The first-order chi connectivity index (χ1) is 12.0. The van der Waals surface area contributed by atoms with Crippen molar-refractivity contribution < 1.29 is 19.1 Å². The normalized spacial score (nSPS) is 13.9. The Kier molecular flexibility index (Phi) is 9.09. The number of hydrogen-bond acceptors (Lipinski definition) is 5. The molecule has 1 unspecified atom stereocenters. The van der Waals surface area contributed by atoms with E-state index in [9.17, 15) is 14.4 Å². The SMILES string of the molecule is COc1ccc(C(=O)CNC(=O)CCC(=O)NCC(N)C2CC2)cc1.Cl. The summed E-state index contributed by atoms with van der Waals surface area (Å²) in [6.45, 7) is 0.348. The van der Waals surface area contributed by atoms with E-state index >= 15 is 0 Å². The lowest BCUT2D eigenvalue weighted by Gasteiger charge is -2.11. The van der Waals surface area contributed by atoms with Crippen molar-refractivity contribution in [2.45, 2.75) is 31.7 Å². The van der Waals surface area contributed by atoms with Crippen molar-refractivity contribution in [3.63, 3.8) is 0 Å². The number of benzene rings is 1. The number of amides is 2. The number of halogens is 1. The third-order valence-electron chi connectivity index (χ3n) is 4.20. The number of hydrogen-bond donors (Lipinski definition) is 3. The van der Waals surface area contributed by atoms with Crippen molar-refractivity contribution in [2.24, 2.45) is 11.7 Å². The minimum absolute atomic E-state index is 0. The fraction of sp³-hybridized carbons (Fsp3) is 0.500. The van der Waals surface area contributed by atoms with Gasteiger partial charge in [0.05, 0.1) is 13.7 Å². The zero-order valence-corrected chi connectivity index (χ0v) is 15.6. The molecule has 1 fully saturated rings.